The van der Waals surface area contributed by atoms with Crippen LogP contribution in [0.1, 0.15) is 49.0 Å². The third-order valence-corrected chi connectivity index (χ3v) is 5.59. The van der Waals surface area contributed by atoms with E-state index in [1.165, 1.54) is 5.69 Å². The van der Waals surface area contributed by atoms with E-state index in [4.69, 9.17) is 9.84 Å². The van der Waals surface area contributed by atoms with Crippen LogP contribution in [0.5, 0.6) is 0 Å². The first-order valence-corrected chi connectivity index (χ1v) is 11.3. The summed E-state index contributed by atoms with van der Waals surface area (Å²) in [7, 11) is 2.13. The average Bonchev–Trinajstić information content (AvgIpc) is 3.13. The summed E-state index contributed by atoms with van der Waals surface area (Å²) in [5.74, 6) is 0. The maximum Gasteiger partial charge on any atom is 0.407 e. The van der Waals surface area contributed by atoms with Crippen LogP contribution in [-0.2, 0) is 30.8 Å². The summed E-state index contributed by atoms with van der Waals surface area (Å²) >= 11 is 0. The molecule has 1 N–H and O–H groups in total. The van der Waals surface area contributed by atoms with Crippen molar-refractivity contribution in [2.75, 3.05) is 13.6 Å². The Morgan fingerprint density at radius 3 is 2.70 bits per heavy atom. The Kier molecular flexibility index (Phi) is 6.47. The Morgan fingerprint density at radius 1 is 1.12 bits per heavy atom. The van der Waals surface area contributed by atoms with Gasteiger partial charge in [0.15, 0.2) is 0 Å². The van der Waals surface area contributed by atoms with Gasteiger partial charge in [0.1, 0.15) is 11.9 Å². The summed E-state index contributed by atoms with van der Waals surface area (Å²) in [6.07, 6.45) is 1.87. The number of carbonyl (C=O) groups excluding carboxylic acids is 1. The van der Waals surface area contributed by atoms with Gasteiger partial charge in [-0.25, -0.2) is 14.8 Å². The van der Waals surface area contributed by atoms with Crippen molar-refractivity contribution in [3.05, 3.63) is 64.9 Å². The molecule has 1 aliphatic rings. The van der Waals surface area contributed by atoms with Crippen LogP contribution < -0.4 is 5.32 Å². The number of nitrogens with zero attached hydrogens (tertiary/aromatic N) is 5. The van der Waals surface area contributed by atoms with Gasteiger partial charge in [0.25, 0.3) is 0 Å². The highest BCUT2D eigenvalue weighted by Gasteiger charge is 2.17. The van der Waals surface area contributed by atoms with E-state index >= 15 is 0 Å². The van der Waals surface area contributed by atoms with Gasteiger partial charge >= 0.3 is 6.09 Å². The minimum Gasteiger partial charge on any atom is -0.444 e. The van der Waals surface area contributed by atoms with Crippen molar-refractivity contribution in [2.45, 2.75) is 59.4 Å². The smallest absolute Gasteiger partial charge is 0.407 e. The molecule has 1 aliphatic heterocycles. The van der Waals surface area contributed by atoms with E-state index in [0.29, 0.717) is 13.0 Å². The molecule has 1 amide bonds. The normalized spacial score (nSPS) is 14.1. The fourth-order valence-corrected chi connectivity index (χ4v) is 3.92. The molecule has 174 valence electrons. The van der Waals surface area contributed by atoms with Crippen LogP contribution in [0.15, 0.2) is 36.7 Å². The second kappa shape index (κ2) is 9.31. The molecule has 1 aromatic carbocycles. The van der Waals surface area contributed by atoms with Crippen molar-refractivity contribution in [3.63, 3.8) is 0 Å². The SMILES string of the molecule is Cc1cc(-c2cc(Cc3cc4n(n3)CCN(C)C4)ncn2)ccc1CNC(=O)OC(C)(C)C. The lowest BCUT2D eigenvalue weighted by molar-refractivity contribution is 0.0523. The molecular formula is C25H32N6O2. The van der Waals surface area contributed by atoms with Gasteiger partial charge in [-0.15, -0.1) is 0 Å². The minimum absolute atomic E-state index is 0.413. The number of rotatable bonds is 5. The summed E-state index contributed by atoms with van der Waals surface area (Å²) in [5, 5.41) is 7.57. The first-order chi connectivity index (χ1) is 15.7. The molecule has 0 spiro atoms. The molecule has 8 heteroatoms. The van der Waals surface area contributed by atoms with Gasteiger partial charge in [-0.1, -0.05) is 12.1 Å². The van der Waals surface area contributed by atoms with Crippen molar-refractivity contribution < 1.29 is 9.53 Å². The Labute approximate surface area is 195 Å². The molecule has 2 aromatic heterocycles. The van der Waals surface area contributed by atoms with Gasteiger partial charge in [0, 0.05) is 31.6 Å². The maximum absolute atomic E-state index is 11.9. The van der Waals surface area contributed by atoms with Gasteiger partial charge in [-0.3, -0.25) is 9.58 Å². The molecule has 3 heterocycles. The van der Waals surface area contributed by atoms with Gasteiger partial charge in [-0.2, -0.15) is 5.10 Å². The number of hydrogen-bond donors (Lipinski definition) is 1. The second-order valence-electron chi connectivity index (χ2n) is 9.66. The van der Waals surface area contributed by atoms with E-state index in [9.17, 15) is 4.79 Å². The zero-order chi connectivity index (χ0) is 23.6. The standard InChI is InChI=1S/C25H32N6O2/c1-17-10-18(6-7-19(17)14-26-24(32)33-25(2,3)4)23-13-20(27-16-28-23)11-21-12-22-15-30(5)8-9-31(22)29-21/h6-7,10,12-13,16H,8-9,11,14-15H2,1-5H3,(H,26,32). The molecule has 0 bridgehead atoms. The second-order valence-corrected chi connectivity index (χ2v) is 9.66. The van der Waals surface area contributed by atoms with Gasteiger partial charge in [0.2, 0.25) is 0 Å². The monoisotopic (exact) mass is 448 g/mol. The number of carbonyl (C=O) groups is 1. The van der Waals surface area contributed by atoms with Crippen molar-refractivity contribution in [1.29, 1.82) is 0 Å². The fraction of sp³-hybridized carbons (Fsp3) is 0.440. The quantitative estimate of drug-likeness (QED) is 0.641. The van der Waals surface area contributed by atoms with Crippen LogP contribution in [-0.4, -0.2) is 49.9 Å². The summed E-state index contributed by atoms with van der Waals surface area (Å²) < 4.78 is 7.41. The lowest BCUT2D eigenvalue weighted by Gasteiger charge is -2.22. The number of ether oxygens (including phenoxy) is 1. The molecule has 33 heavy (non-hydrogen) atoms. The molecule has 0 aliphatic carbocycles. The summed E-state index contributed by atoms with van der Waals surface area (Å²) in [6, 6.07) is 10.3. The van der Waals surface area contributed by atoms with Gasteiger partial charge in [-0.05, 0) is 64.1 Å². The summed E-state index contributed by atoms with van der Waals surface area (Å²) in [5.41, 5.74) is 6.71. The van der Waals surface area contributed by atoms with E-state index in [-0.39, 0.29) is 0 Å². The topological polar surface area (TPSA) is 85.2 Å². The van der Waals surface area contributed by atoms with Crippen molar-refractivity contribution in [1.82, 2.24) is 30.0 Å². The molecular weight excluding hydrogens is 416 g/mol. The number of amides is 1. The number of nitrogens with one attached hydrogen (secondary N) is 1. The van der Waals surface area contributed by atoms with Crippen LogP contribution in [0.2, 0.25) is 0 Å². The fourth-order valence-electron chi connectivity index (χ4n) is 3.92. The van der Waals surface area contributed by atoms with E-state index in [1.807, 2.05) is 45.9 Å². The number of fused-ring (bicyclic) bond motifs is 1. The number of hydrogen-bond acceptors (Lipinski definition) is 6. The lowest BCUT2D eigenvalue weighted by Crippen LogP contribution is -2.32. The predicted molar refractivity (Wildman–Crippen MR) is 127 cm³/mol. The molecule has 0 atom stereocenters. The van der Waals surface area contributed by atoms with E-state index in [0.717, 1.165) is 53.4 Å². The maximum atomic E-state index is 11.9. The van der Waals surface area contributed by atoms with E-state index < -0.39 is 11.7 Å². The zero-order valence-corrected chi connectivity index (χ0v) is 20.1. The van der Waals surface area contributed by atoms with Crippen LogP contribution in [0.4, 0.5) is 4.79 Å². The molecule has 0 fully saturated rings. The minimum atomic E-state index is -0.514. The molecule has 0 unspecified atom stereocenters. The lowest BCUT2D eigenvalue weighted by atomic mass is 10.0. The Bertz CT molecular complexity index is 1150. The molecule has 3 aromatic rings. The highest BCUT2D eigenvalue weighted by atomic mass is 16.6. The predicted octanol–water partition coefficient (Wildman–Crippen LogP) is 3.71. The molecule has 4 rings (SSSR count). The summed E-state index contributed by atoms with van der Waals surface area (Å²) in [4.78, 5) is 23.2. The number of alkyl carbamates (subject to hydrolysis) is 1. The van der Waals surface area contributed by atoms with E-state index in [1.54, 1.807) is 6.33 Å². The van der Waals surface area contributed by atoms with Crippen molar-refractivity contribution in [2.24, 2.45) is 0 Å². The summed E-state index contributed by atoms with van der Waals surface area (Å²) in [6.45, 7) is 10.9. The molecule has 0 saturated heterocycles. The highest BCUT2D eigenvalue weighted by Crippen LogP contribution is 2.22. The molecule has 0 radical (unpaired) electrons. The number of benzene rings is 1. The zero-order valence-electron chi connectivity index (χ0n) is 20.1. The van der Waals surface area contributed by atoms with Crippen LogP contribution >= 0.6 is 0 Å². The number of aryl methyl sites for hydroxylation is 1. The average molecular weight is 449 g/mol. The first kappa shape index (κ1) is 22.9. The third kappa shape index (κ3) is 5.96. The van der Waals surface area contributed by atoms with Gasteiger partial charge in [0.05, 0.1) is 29.3 Å². The molecule has 8 nitrogen and oxygen atoms in total. The highest BCUT2D eigenvalue weighted by molar-refractivity contribution is 5.68. The van der Waals surface area contributed by atoms with Gasteiger partial charge < -0.3 is 10.1 Å². The van der Waals surface area contributed by atoms with Crippen molar-refractivity contribution in [3.8, 4) is 11.3 Å². The molecule has 0 saturated carbocycles. The number of aromatic nitrogens is 4. The Morgan fingerprint density at radius 2 is 1.94 bits per heavy atom. The van der Waals surface area contributed by atoms with Crippen LogP contribution in [0.3, 0.4) is 0 Å². The third-order valence-electron chi connectivity index (χ3n) is 5.59. The van der Waals surface area contributed by atoms with Crippen molar-refractivity contribution >= 4 is 6.09 Å². The first-order valence-electron chi connectivity index (χ1n) is 11.3. The van der Waals surface area contributed by atoms with Crippen LogP contribution in [0.25, 0.3) is 11.3 Å². The number of likely N-dealkylation sites (N-methyl/N-ethyl adjacent to an activating group) is 1. The Balaban J connectivity index is 1.44. The van der Waals surface area contributed by atoms with Crippen LogP contribution in [0, 0.1) is 6.92 Å². The Hall–Kier alpha value is -3.26. The largest absolute Gasteiger partial charge is 0.444 e. The van der Waals surface area contributed by atoms with E-state index in [2.05, 4.69) is 44.0 Å².